The number of aromatic nitrogens is 1. The molecule has 1 fully saturated rings. The van der Waals surface area contributed by atoms with Gasteiger partial charge in [0.1, 0.15) is 0 Å². The highest BCUT2D eigenvalue weighted by Crippen LogP contribution is 2.33. The molecule has 3 rings (SSSR count). The molecule has 1 heterocycles. The number of anilines is 1. The maximum atomic E-state index is 11.7. The van der Waals surface area contributed by atoms with Crippen molar-refractivity contribution >= 4 is 48.3 Å². The number of thiazole rings is 1. The molecule has 0 aliphatic heterocycles. The SMILES string of the molecule is O=S(=O)(Nc1nc2ccc(Cl)cc2s1)C1CC1. The second-order valence-electron chi connectivity index (χ2n) is 3.98. The number of benzene rings is 1. The van der Waals surface area contributed by atoms with Gasteiger partial charge in [-0.3, -0.25) is 4.72 Å². The van der Waals surface area contributed by atoms with Crippen LogP contribution in [-0.4, -0.2) is 18.7 Å². The minimum atomic E-state index is -3.23. The van der Waals surface area contributed by atoms with Gasteiger partial charge in [-0.25, -0.2) is 13.4 Å². The first-order valence-electron chi connectivity index (χ1n) is 5.12. The van der Waals surface area contributed by atoms with Crippen molar-refractivity contribution in [3.8, 4) is 0 Å². The summed E-state index contributed by atoms with van der Waals surface area (Å²) in [5.41, 5.74) is 0.757. The number of sulfonamides is 1. The average molecular weight is 289 g/mol. The van der Waals surface area contributed by atoms with Crippen LogP contribution in [0.25, 0.3) is 10.2 Å². The van der Waals surface area contributed by atoms with Gasteiger partial charge in [-0.1, -0.05) is 22.9 Å². The zero-order chi connectivity index (χ0) is 12.0. The molecule has 1 saturated carbocycles. The van der Waals surface area contributed by atoms with Crippen molar-refractivity contribution in [2.75, 3.05) is 4.72 Å². The van der Waals surface area contributed by atoms with E-state index in [1.807, 2.05) is 0 Å². The smallest absolute Gasteiger partial charge is 0.237 e. The summed E-state index contributed by atoms with van der Waals surface area (Å²) in [6, 6.07) is 5.30. The van der Waals surface area contributed by atoms with E-state index in [1.54, 1.807) is 18.2 Å². The van der Waals surface area contributed by atoms with E-state index >= 15 is 0 Å². The second kappa shape index (κ2) is 3.83. The van der Waals surface area contributed by atoms with Crippen LogP contribution in [0.15, 0.2) is 18.2 Å². The van der Waals surface area contributed by atoms with E-state index in [-0.39, 0.29) is 5.25 Å². The van der Waals surface area contributed by atoms with Crippen LogP contribution in [0, 0.1) is 0 Å². The first-order valence-corrected chi connectivity index (χ1v) is 7.86. The highest BCUT2D eigenvalue weighted by atomic mass is 35.5. The van der Waals surface area contributed by atoms with Crippen LogP contribution < -0.4 is 4.72 Å². The van der Waals surface area contributed by atoms with Crippen molar-refractivity contribution in [1.82, 2.24) is 4.98 Å². The van der Waals surface area contributed by atoms with Gasteiger partial charge in [0.25, 0.3) is 0 Å². The van der Waals surface area contributed by atoms with Crippen molar-refractivity contribution in [3.63, 3.8) is 0 Å². The standard InChI is InChI=1S/C10H9ClN2O2S2/c11-6-1-4-8-9(5-6)16-10(12-8)13-17(14,15)7-2-3-7/h1,4-5,7H,2-3H2,(H,12,13). The van der Waals surface area contributed by atoms with Gasteiger partial charge in [0.2, 0.25) is 10.0 Å². The highest BCUT2D eigenvalue weighted by molar-refractivity contribution is 7.93. The van der Waals surface area contributed by atoms with Crippen LogP contribution in [0.2, 0.25) is 5.02 Å². The molecule has 0 amide bonds. The van der Waals surface area contributed by atoms with Gasteiger partial charge in [0.05, 0.1) is 15.5 Å². The van der Waals surface area contributed by atoms with Gasteiger partial charge < -0.3 is 0 Å². The number of hydrogen-bond acceptors (Lipinski definition) is 4. The first kappa shape index (κ1) is 11.3. The zero-order valence-corrected chi connectivity index (χ0v) is 11.1. The molecule has 0 radical (unpaired) electrons. The van der Waals surface area contributed by atoms with Gasteiger partial charge in [0, 0.05) is 5.02 Å². The molecule has 1 aromatic heterocycles. The Kier molecular flexibility index (Phi) is 2.53. The second-order valence-corrected chi connectivity index (χ2v) is 7.41. The van der Waals surface area contributed by atoms with Crippen LogP contribution in [-0.2, 0) is 10.0 Å². The van der Waals surface area contributed by atoms with Crippen molar-refractivity contribution < 1.29 is 8.42 Å². The van der Waals surface area contributed by atoms with E-state index in [2.05, 4.69) is 9.71 Å². The van der Waals surface area contributed by atoms with Crippen LogP contribution in [0.5, 0.6) is 0 Å². The predicted molar refractivity (Wildman–Crippen MR) is 70.2 cm³/mol. The number of halogens is 1. The monoisotopic (exact) mass is 288 g/mol. The third-order valence-corrected chi connectivity index (χ3v) is 5.67. The summed E-state index contributed by atoms with van der Waals surface area (Å²) in [4.78, 5) is 4.22. The minimum absolute atomic E-state index is 0.238. The van der Waals surface area contributed by atoms with Crippen molar-refractivity contribution in [2.45, 2.75) is 18.1 Å². The average Bonchev–Trinajstić information content (AvgIpc) is 3.01. The molecule has 0 saturated heterocycles. The van der Waals surface area contributed by atoms with Gasteiger partial charge in [-0.2, -0.15) is 0 Å². The Balaban J connectivity index is 1.96. The third kappa shape index (κ3) is 2.25. The van der Waals surface area contributed by atoms with Crippen molar-refractivity contribution in [1.29, 1.82) is 0 Å². The Bertz CT molecular complexity index is 677. The summed E-state index contributed by atoms with van der Waals surface area (Å²) >= 11 is 7.16. The van der Waals surface area contributed by atoms with E-state index in [1.165, 1.54) is 11.3 Å². The summed E-state index contributed by atoms with van der Waals surface area (Å²) in [6.07, 6.45) is 1.48. The molecule has 17 heavy (non-hydrogen) atoms. The molecule has 1 aromatic carbocycles. The van der Waals surface area contributed by atoms with Crippen molar-refractivity contribution in [3.05, 3.63) is 23.2 Å². The fourth-order valence-electron chi connectivity index (χ4n) is 1.53. The Labute approximate surface area is 108 Å². The molecule has 1 aliphatic carbocycles. The Morgan fingerprint density at radius 2 is 2.18 bits per heavy atom. The topological polar surface area (TPSA) is 59.1 Å². The van der Waals surface area contributed by atoms with E-state index in [0.717, 1.165) is 23.1 Å². The van der Waals surface area contributed by atoms with E-state index < -0.39 is 10.0 Å². The molecule has 0 spiro atoms. The first-order chi connectivity index (χ1) is 8.04. The maximum absolute atomic E-state index is 11.7. The fourth-order valence-corrected chi connectivity index (χ4v) is 4.25. The lowest BCUT2D eigenvalue weighted by atomic mass is 10.3. The van der Waals surface area contributed by atoms with Crippen molar-refractivity contribution in [2.24, 2.45) is 0 Å². The minimum Gasteiger partial charge on any atom is -0.258 e. The molecule has 2 aromatic rings. The number of nitrogens with zero attached hydrogens (tertiary/aromatic N) is 1. The number of fused-ring (bicyclic) bond motifs is 1. The maximum Gasteiger partial charge on any atom is 0.237 e. The summed E-state index contributed by atoms with van der Waals surface area (Å²) in [5.74, 6) is 0. The molecule has 7 heteroatoms. The summed E-state index contributed by atoms with van der Waals surface area (Å²) < 4.78 is 26.9. The van der Waals surface area contributed by atoms with E-state index in [0.29, 0.717) is 10.2 Å². The summed E-state index contributed by atoms with van der Waals surface area (Å²) in [7, 11) is -3.23. The van der Waals surface area contributed by atoms with Crippen LogP contribution in [0.3, 0.4) is 0 Å². The zero-order valence-electron chi connectivity index (χ0n) is 8.68. The van der Waals surface area contributed by atoms with Gasteiger partial charge in [-0.05, 0) is 31.0 Å². The third-order valence-electron chi connectivity index (χ3n) is 2.54. The predicted octanol–water partition coefficient (Wildman–Crippen LogP) is 2.85. The largest absolute Gasteiger partial charge is 0.258 e. The van der Waals surface area contributed by atoms with Gasteiger partial charge in [0.15, 0.2) is 5.13 Å². The molecular formula is C10H9ClN2O2S2. The molecular weight excluding hydrogens is 280 g/mol. The molecule has 0 atom stereocenters. The molecule has 1 N–H and O–H groups in total. The van der Waals surface area contributed by atoms with Crippen LogP contribution >= 0.6 is 22.9 Å². The Morgan fingerprint density at radius 3 is 2.88 bits per heavy atom. The molecule has 0 bridgehead atoms. The lowest BCUT2D eigenvalue weighted by molar-refractivity contribution is 0.600. The fraction of sp³-hybridized carbons (Fsp3) is 0.300. The van der Waals surface area contributed by atoms with E-state index in [4.69, 9.17) is 11.6 Å². The quantitative estimate of drug-likeness (QED) is 0.945. The lowest BCUT2D eigenvalue weighted by Crippen LogP contribution is -2.16. The molecule has 4 nitrogen and oxygen atoms in total. The Morgan fingerprint density at radius 1 is 1.41 bits per heavy atom. The van der Waals surface area contributed by atoms with Crippen LogP contribution in [0.4, 0.5) is 5.13 Å². The highest BCUT2D eigenvalue weighted by Gasteiger charge is 2.36. The Hall–Kier alpha value is -0.850. The lowest BCUT2D eigenvalue weighted by Gasteiger charge is -2.01. The summed E-state index contributed by atoms with van der Waals surface area (Å²) in [5, 5.41) is 0.796. The van der Waals surface area contributed by atoms with E-state index in [9.17, 15) is 8.42 Å². The number of nitrogens with one attached hydrogen (secondary N) is 1. The van der Waals surface area contributed by atoms with Gasteiger partial charge in [-0.15, -0.1) is 0 Å². The molecule has 90 valence electrons. The van der Waals surface area contributed by atoms with Gasteiger partial charge >= 0.3 is 0 Å². The van der Waals surface area contributed by atoms with Crippen LogP contribution in [0.1, 0.15) is 12.8 Å². The number of rotatable bonds is 3. The molecule has 1 aliphatic rings. The number of hydrogen-bond donors (Lipinski definition) is 1. The molecule has 0 unspecified atom stereocenters. The summed E-state index contributed by atoms with van der Waals surface area (Å²) in [6.45, 7) is 0. The normalized spacial score (nSPS) is 16.3.